The maximum absolute atomic E-state index is 11.7. The van der Waals surface area contributed by atoms with Gasteiger partial charge >= 0.3 is 12.0 Å². The Morgan fingerprint density at radius 2 is 1.80 bits per heavy atom. The number of carbonyl (C=O) groups excluding carboxylic acids is 1. The monoisotopic (exact) mass is 284 g/mol. The van der Waals surface area contributed by atoms with Crippen LogP contribution >= 0.6 is 0 Å². The lowest BCUT2D eigenvalue weighted by molar-refractivity contribution is -0.141. The highest BCUT2D eigenvalue weighted by molar-refractivity contribution is 5.83. The van der Waals surface area contributed by atoms with Gasteiger partial charge in [0, 0.05) is 6.54 Å². The van der Waals surface area contributed by atoms with Gasteiger partial charge < -0.3 is 15.7 Å². The molecule has 5 nitrogen and oxygen atoms in total. The third-order valence-corrected chi connectivity index (χ3v) is 3.17. The van der Waals surface area contributed by atoms with Crippen LogP contribution in [0.5, 0.6) is 0 Å². The first-order chi connectivity index (χ1) is 8.99. The van der Waals surface area contributed by atoms with Crippen molar-refractivity contribution < 1.29 is 14.7 Å². The minimum Gasteiger partial charge on any atom is -0.480 e. The van der Waals surface area contributed by atoms with Crippen LogP contribution in [0.4, 0.5) is 4.79 Å². The van der Waals surface area contributed by atoms with Crippen molar-refractivity contribution in [2.24, 2.45) is 10.8 Å². The van der Waals surface area contributed by atoms with Crippen LogP contribution in [-0.4, -0.2) is 29.7 Å². The lowest BCUT2D eigenvalue weighted by Crippen LogP contribution is -2.52. The van der Waals surface area contributed by atoms with Crippen LogP contribution in [0, 0.1) is 10.8 Å². The zero-order valence-electron chi connectivity index (χ0n) is 13.2. The molecule has 116 valence electrons. The number of hydrogen-bond acceptors (Lipinski definition) is 2. The summed E-state index contributed by atoms with van der Waals surface area (Å²) in [6, 6.07) is -1.36. The van der Waals surface area contributed by atoms with Crippen molar-refractivity contribution >= 4 is 12.0 Å². The van der Waals surface area contributed by atoms with E-state index < -0.39 is 23.5 Å². The molecule has 0 aliphatic carbocycles. The SMILES string of the molecule is C=CCC(C)(C)CCNC(=O)NC(C(=O)O)C(C)(C)C. The van der Waals surface area contributed by atoms with Gasteiger partial charge in [0.05, 0.1) is 0 Å². The Bertz CT molecular complexity index is 357. The second-order valence-electron chi connectivity index (χ2n) is 6.94. The van der Waals surface area contributed by atoms with Gasteiger partial charge in [-0.15, -0.1) is 6.58 Å². The average Bonchev–Trinajstić information content (AvgIpc) is 2.23. The largest absolute Gasteiger partial charge is 0.480 e. The summed E-state index contributed by atoms with van der Waals surface area (Å²) in [6.45, 7) is 13.7. The van der Waals surface area contributed by atoms with Crippen molar-refractivity contribution in [2.45, 2.75) is 53.5 Å². The molecule has 0 aliphatic rings. The number of carboxylic acid groups (broad SMARTS) is 1. The molecule has 2 amide bonds. The Labute approximate surface area is 121 Å². The van der Waals surface area contributed by atoms with Gasteiger partial charge in [-0.25, -0.2) is 9.59 Å². The topological polar surface area (TPSA) is 78.4 Å². The Hall–Kier alpha value is -1.52. The smallest absolute Gasteiger partial charge is 0.326 e. The van der Waals surface area contributed by atoms with E-state index in [0.717, 1.165) is 12.8 Å². The Morgan fingerprint density at radius 3 is 2.20 bits per heavy atom. The molecule has 1 atom stereocenters. The molecule has 0 saturated carbocycles. The number of urea groups is 1. The fourth-order valence-corrected chi connectivity index (χ4v) is 1.84. The van der Waals surface area contributed by atoms with Crippen LogP contribution in [0.15, 0.2) is 12.7 Å². The Morgan fingerprint density at radius 1 is 1.25 bits per heavy atom. The molecule has 0 spiro atoms. The van der Waals surface area contributed by atoms with Gasteiger partial charge in [-0.05, 0) is 23.7 Å². The van der Waals surface area contributed by atoms with Crippen molar-refractivity contribution in [1.29, 1.82) is 0 Å². The zero-order valence-corrected chi connectivity index (χ0v) is 13.2. The number of nitrogens with one attached hydrogen (secondary N) is 2. The van der Waals surface area contributed by atoms with E-state index in [9.17, 15) is 9.59 Å². The Balaban J connectivity index is 4.29. The number of amides is 2. The number of carbonyl (C=O) groups is 2. The fraction of sp³-hybridized carbons (Fsp3) is 0.733. The van der Waals surface area contributed by atoms with Crippen molar-refractivity contribution in [1.82, 2.24) is 10.6 Å². The lowest BCUT2D eigenvalue weighted by Gasteiger charge is -2.28. The van der Waals surface area contributed by atoms with E-state index in [1.54, 1.807) is 20.8 Å². The summed E-state index contributed by atoms with van der Waals surface area (Å²) in [7, 11) is 0. The van der Waals surface area contributed by atoms with Gasteiger partial charge in [-0.3, -0.25) is 0 Å². The standard InChI is InChI=1S/C15H28N2O3/c1-7-8-15(5,6)9-10-16-13(20)17-11(12(18)19)14(2,3)4/h7,11H,1,8-10H2,2-6H3,(H,18,19)(H2,16,17,20). The van der Waals surface area contributed by atoms with Crippen molar-refractivity contribution in [3.05, 3.63) is 12.7 Å². The predicted molar refractivity (Wildman–Crippen MR) is 80.6 cm³/mol. The molecule has 0 aliphatic heterocycles. The van der Waals surface area contributed by atoms with Gasteiger partial charge in [0.25, 0.3) is 0 Å². The van der Waals surface area contributed by atoms with E-state index in [1.165, 1.54) is 0 Å². The lowest BCUT2D eigenvalue weighted by atomic mass is 9.86. The third kappa shape index (κ3) is 7.16. The quantitative estimate of drug-likeness (QED) is 0.629. The molecular weight excluding hydrogens is 256 g/mol. The molecule has 0 rings (SSSR count). The van der Waals surface area contributed by atoms with Crippen LogP contribution in [0.25, 0.3) is 0 Å². The maximum atomic E-state index is 11.7. The molecule has 5 heteroatoms. The molecule has 0 saturated heterocycles. The predicted octanol–water partition coefficient (Wildman–Crippen LogP) is 2.78. The minimum absolute atomic E-state index is 0.0747. The van der Waals surface area contributed by atoms with E-state index in [4.69, 9.17) is 5.11 Å². The van der Waals surface area contributed by atoms with Gasteiger partial charge in [-0.2, -0.15) is 0 Å². The summed E-state index contributed by atoms with van der Waals surface area (Å²) in [4.78, 5) is 22.9. The van der Waals surface area contributed by atoms with E-state index in [-0.39, 0.29) is 5.41 Å². The highest BCUT2D eigenvalue weighted by Gasteiger charge is 2.32. The molecule has 0 radical (unpaired) electrons. The molecule has 0 fully saturated rings. The van der Waals surface area contributed by atoms with Gasteiger partial charge in [0.1, 0.15) is 6.04 Å². The molecule has 0 aromatic heterocycles. The number of carboxylic acids is 1. The molecular formula is C15H28N2O3. The molecule has 0 bridgehead atoms. The molecule has 3 N–H and O–H groups in total. The van der Waals surface area contributed by atoms with Gasteiger partial charge in [-0.1, -0.05) is 40.7 Å². The van der Waals surface area contributed by atoms with Crippen LogP contribution in [0.1, 0.15) is 47.5 Å². The molecule has 0 aromatic rings. The van der Waals surface area contributed by atoms with Crippen LogP contribution in [0.3, 0.4) is 0 Å². The highest BCUT2D eigenvalue weighted by Crippen LogP contribution is 2.24. The molecule has 20 heavy (non-hydrogen) atoms. The first-order valence-corrected chi connectivity index (χ1v) is 6.88. The van der Waals surface area contributed by atoms with Crippen LogP contribution in [-0.2, 0) is 4.79 Å². The first-order valence-electron chi connectivity index (χ1n) is 6.88. The number of rotatable bonds is 7. The summed E-state index contributed by atoms with van der Waals surface area (Å²) in [6.07, 6.45) is 3.54. The third-order valence-electron chi connectivity index (χ3n) is 3.17. The number of aliphatic carboxylic acids is 1. The van der Waals surface area contributed by atoms with Crippen molar-refractivity contribution in [3.63, 3.8) is 0 Å². The van der Waals surface area contributed by atoms with E-state index >= 15 is 0 Å². The van der Waals surface area contributed by atoms with Crippen LogP contribution in [0.2, 0.25) is 0 Å². The summed E-state index contributed by atoms with van der Waals surface area (Å²) in [5, 5.41) is 14.3. The fourth-order valence-electron chi connectivity index (χ4n) is 1.84. The summed E-state index contributed by atoms with van der Waals surface area (Å²) >= 11 is 0. The molecule has 0 heterocycles. The minimum atomic E-state index is -1.03. The van der Waals surface area contributed by atoms with Crippen LogP contribution < -0.4 is 10.6 Å². The van der Waals surface area contributed by atoms with Gasteiger partial charge in [0.15, 0.2) is 0 Å². The molecule has 0 aromatic carbocycles. The zero-order chi connectivity index (χ0) is 16.0. The second kappa shape index (κ2) is 7.31. The Kier molecular flexibility index (Phi) is 6.76. The second-order valence-corrected chi connectivity index (χ2v) is 6.94. The highest BCUT2D eigenvalue weighted by atomic mass is 16.4. The summed E-state index contributed by atoms with van der Waals surface area (Å²) in [5.41, 5.74) is -0.462. The normalized spacial score (nSPS) is 13.4. The van der Waals surface area contributed by atoms with E-state index in [2.05, 4.69) is 31.1 Å². The van der Waals surface area contributed by atoms with Crippen molar-refractivity contribution in [2.75, 3.05) is 6.54 Å². The van der Waals surface area contributed by atoms with Gasteiger partial charge in [0.2, 0.25) is 0 Å². The maximum Gasteiger partial charge on any atom is 0.326 e. The van der Waals surface area contributed by atoms with Crippen molar-refractivity contribution in [3.8, 4) is 0 Å². The summed E-state index contributed by atoms with van der Waals surface area (Å²) < 4.78 is 0. The number of allylic oxidation sites excluding steroid dienone is 1. The molecule has 1 unspecified atom stereocenters. The average molecular weight is 284 g/mol. The first kappa shape index (κ1) is 18.5. The number of hydrogen-bond donors (Lipinski definition) is 3. The van der Waals surface area contributed by atoms with E-state index in [0.29, 0.717) is 6.54 Å². The summed E-state index contributed by atoms with van der Waals surface area (Å²) in [5.74, 6) is -1.03. The van der Waals surface area contributed by atoms with E-state index in [1.807, 2.05) is 6.08 Å².